The number of imide groups is 1. The summed E-state index contributed by atoms with van der Waals surface area (Å²) in [5.41, 5.74) is 1.02. The fourth-order valence-corrected chi connectivity index (χ4v) is 3.47. The standard InChI is InChI=1S/C18H13ClFNO4S/c1-25-15-5-2-10(6-14(15)22)7-16-17(23)21(18(24)26-16)9-11-3-4-12(20)8-13(11)19/h2-8,22H,9H2,1H3/b16-7-. The number of ether oxygens (including phenoxy) is 1. The van der Waals surface area contributed by atoms with Gasteiger partial charge in [-0.2, -0.15) is 0 Å². The van der Waals surface area contributed by atoms with E-state index >= 15 is 0 Å². The van der Waals surface area contributed by atoms with Crippen LogP contribution < -0.4 is 4.74 Å². The average Bonchev–Trinajstić information content (AvgIpc) is 2.84. The van der Waals surface area contributed by atoms with Gasteiger partial charge in [0.25, 0.3) is 11.1 Å². The molecule has 3 rings (SSSR count). The summed E-state index contributed by atoms with van der Waals surface area (Å²) < 4.78 is 18.1. The molecule has 8 heteroatoms. The van der Waals surface area contributed by atoms with Gasteiger partial charge < -0.3 is 9.84 Å². The normalized spacial score (nSPS) is 15.8. The Hall–Kier alpha value is -2.51. The highest BCUT2D eigenvalue weighted by Gasteiger charge is 2.35. The molecule has 1 fully saturated rings. The predicted octanol–water partition coefficient (Wildman–Crippen LogP) is 4.43. The first-order chi connectivity index (χ1) is 12.4. The highest BCUT2D eigenvalue weighted by molar-refractivity contribution is 8.18. The first kappa shape index (κ1) is 18.3. The zero-order chi connectivity index (χ0) is 18.8. The van der Waals surface area contributed by atoms with Crippen molar-refractivity contribution in [3.63, 3.8) is 0 Å². The Morgan fingerprint density at radius 2 is 2.04 bits per heavy atom. The fraction of sp³-hybridized carbons (Fsp3) is 0.111. The number of hydrogen-bond acceptors (Lipinski definition) is 5. The van der Waals surface area contributed by atoms with E-state index < -0.39 is 17.0 Å². The Kier molecular flexibility index (Phi) is 5.20. The summed E-state index contributed by atoms with van der Waals surface area (Å²) in [6.45, 7) is -0.0466. The van der Waals surface area contributed by atoms with E-state index in [0.717, 1.165) is 22.7 Å². The molecule has 0 atom stereocenters. The van der Waals surface area contributed by atoms with Gasteiger partial charge in [0, 0.05) is 5.02 Å². The number of thioether (sulfide) groups is 1. The quantitative estimate of drug-likeness (QED) is 0.778. The van der Waals surface area contributed by atoms with Crippen LogP contribution in [0.15, 0.2) is 41.3 Å². The molecule has 0 unspecified atom stereocenters. The summed E-state index contributed by atoms with van der Waals surface area (Å²) >= 11 is 6.75. The second kappa shape index (κ2) is 7.39. The summed E-state index contributed by atoms with van der Waals surface area (Å²) in [5, 5.41) is 9.52. The van der Waals surface area contributed by atoms with Crippen molar-refractivity contribution in [2.45, 2.75) is 6.54 Å². The number of phenolic OH excluding ortho intramolecular Hbond substituents is 1. The van der Waals surface area contributed by atoms with Gasteiger partial charge >= 0.3 is 0 Å². The summed E-state index contributed by atoms with van der Waals surface area (Å²) in [7, 11) is 1.43. The summed E-state index contributed by atoms with van der Waals surface area (Å²) in [4.78, 5) is 26.0. The predicted molar refractivity (Wildman–Crippen MR) is 97.6 cm³/mol. The topological polar surface area (TPSA) is 66.8 Å². The van der Waals surface area contributed by atoms with E-state index in [4.69, 9.17) is 16.3 Å². The molecule has 0 spiro atoms. The highest BCUT2D eigenvalue weighted by Crippen LogP contribution is 2.35. The molecule has 1 aliphatic rings. The lowest BCUT2D eigenvalue weighted by molar-refractivity contribution is -0.123. The third kappa shape index (κ3) is 3.68. The lowest BCUT2D eigenvalue weighted by Gasteiger charge is -2.13. The number of carbonyl (C=O) groups is 2. The third-order valence-electron chi connectivity index (χ3n) is 3.72. The van der Waals surface area contributed by atoms with Gasteiger partial charge in [0.1, 0.15) is 5.82 Å². The van der Waals surface area contributed by atoms with Crippen LogP contribution in [-0.4, -0.2) is 28.3 Å². The molecule has 5 nitrogen and oxygen atoms in total. The number of carbonyl (C=O) groups excluding carboxylic acids is 2. The van der Waals surface area contributed by atoms with Crippen molar-refractivity contribution in [1.82, 2.24) is 4.90 Å². The molecule has 0 aromatic heterocycles. The molecule has 1 N–H and O–H groups in total. The zero-order valence-corrected chi connectivity index (χ0v) is 15.1. The minimum Gasteiger partial charge on any atom is -0.504 e. The fourth-order valence-electron chi connectivity index (χ4n) is 2.40. The number of benzene rings is 2. The summed E-state index contributed by atoms with van der Waals surface area (Å²) in [6, 6.07) is 8.44. The molecule has 2 aromatic rings. The molecule has 134 valence electrons. The monoisotopic (exact) mass is 393 g/mol. The minimum atomic E-state index is -0.493. The maximum absolute atomic E-state index is 13.1. The number of phenols is 1. The van der Waals surface area contributed by atoms with Gasteiger partial charge in [-0.1, -0.05) is 23.7 Å². The second-order valence-electron chi connectivity index (χ2n) is 5.43. The van der Waals surface area contributed by atoms with Crippen molar-refractivity contribution >= 4 is 40.6 Å². The van der Waals surface area contributed by atoms with Crippen LogP contribution in [0, 0.1) is 5.82 Å². The van der Waals surface area contributed by atoms with Gasteiger partial charge in [-0.3, -0.25) is 14.5 Å². The average molecular weight is 394 g/mol. The van der Waals surface area contributed by atoms with Gasteiger partial charge in [-0.05, 0) is 53.2 Å². The molecule has 0 radical (unpaired) electrons. The minimum absolute atomic E-state index is 0.0466. The number of amides is 2. The number of nitrogens with zero attached hydrogens (tertiary/aromatic N) is 1. The number of rotatable bonds is 4. The number of halogens is 2. The summed E-state index contributed by atoms with van der Waals surface area (Å²) in [6.07, 6.45) is 1.51. The van der Waals surface area contributed by atoms with E-state index in [9.17, 15) is 19.1 Å². The Morgan fingerprint density at radius 3 is 2.69 bits per heavy atom. The van der Waals surface area contributed by atoms with Gasteiger partial charge in [0.05, 0.1) is 18.6 Å². The van der Waals surface area contributed by atoms with E-state index in [1.165, 1.54) is 31.4 Å². The van der Waals surface area contributed by atoms with Crippen molar-refractivity contribution in [3.05, 3.63) is 63.3 Å². The highest BCUT2D eigenvalue weighted by atomic mass is 35.5. The molecule has 1 saturated heterocycles. The molecule has 1 heterocycles. The summed E-state index contributed by atoms with van der Waals surface area (Å²) in [5.74, 6) is -0.734. The Balaban J connectivity index is 1.83. The van der Waals surface area contributed by atoms with Gasteiger partial charge in [-0.15, -0.1) is 0 Å². The first-order valence-electron chi connectivity index (χ1n) is 7.45. The van der Waals surface area contributed by atoms with Gasteiger partial charge in [-0.25, -0.2) is 4.39 Å². The molecule has 0 bridgehead atoms. The van der Waals surface area contributed by atoms with E-state index in [1.807, 2.05) is 0 Å². The van der Waals surface area contributed by atoms with Crippen LogP contribution in [0.25, 0.3) is 6.08 Å². The lowest BCUT2D eigenvalue weighted by Crippen LogP contribution is -2.27. The van der Waals surface area contributed by atoms with Crippen molar-refractivity contribution in [3.8, 4) is 11.5 Å². The molecule has 0 saturated carbocycles. The van der Waals surface area contributed by atoms with Crippen molar-refractivity contribution in [2.75, 3.05) is 7.11 Å². The van der Waals surface area contributed by atoms with Crippen LogP contribution in [0.1, 0.15) is 11.1 Å². The van der Waals surface area contributed by atoms with Crippen LogP contribution >= 0.6 is 23.4 Å². The maximum Gasteiger partial charge on any atom is 0.293 e. The Morgan fingerprint density at radius 1 is 1.27 bits per heavy atom. The number of hydrogen-bond donors (Lipinski definition) is 1. The molecule has 0 aliphatic carbocycles. The third-order valence-corrected chi connectivity index (χ3v) is 4.98. The van der Waals surface area contributed by atoms with E-state index in [2.05, 4.69) is 0 Å². The zero-order valence-electron chi connectivity index (χ0n) is 13.5. The largest absolute Gasteiger partial charge is 0.504 e. The Bertz CT molecular complexity index is 931. The van der Waals surface area contributed by atoms with Crippen LogP contribution in [0.3, 0.4) is 0 Å². The van der Waals surface area contributed by atoms with Crippen LogP contribution in [0.5, 0.6) is 11.5 Å². The SMILES string of the molecule is COc1ccc(/C=C2\SC(=O)N(Cc3ccc(F)cc3Cl)C2=O)cc1O. The molecular formula is C18H13ClFNO4S. The van der Waals surface area contributed by atoms with Gasteiger partial charge in [0.15, 0.2) is 11.5 Å². The lowest BCUT2D eigenvalue weighted by atomic mass is 10.1. The van der Waals surface area contributed by atoms with Crippen LogP contribution in [0.4, 0.5) is 9.18 Å². The van der Waals surface area contributed by atoms with Crippen LogP contribution in [-0.2, 0) is 11.3 Å². The van der Waals surface area contributed by atoms with Crippen molar-refractivity contribution < 1.29 is 23.8 Å². The smallest absolute Gasteiger partial charge is 0.293 e. The van der Waals surface area contributed by atoms with E-state index in [-0.39, 0.29) is 22.2 Å². The molecular weight excluding hydrogens is 381 g/mol. The van der Waals surface area contributed by atoms with E-state index in [1.54, 1.807) is 12.1 Å². The molecule has 2 aromatic carbocycles. The molecule has 26 heavy (non-hydrogen) atoms. The number of methoxy groups -OCH3 is 1. The van der Waals surface area contributed by atoms with Crippen LogP contribution in [0.2, 0.25) is 5.02 Å². The van der Waals surface area contributed by atoms with Crippen molar-refractivity contribution in [1.29, 1.82) is 0 Å². The van der Waals surface area contributed by atoms with Gasteiger partial charge in [0.2, 0.25) is 0 Å². The maximum atomic E-state index is 13.1. The van der Waals surface area contributed by atoms with E-state index in [0.29, 0.717) is 16.9 Å². The first-order valence-corrected chi connectivity index (χ1v) is 8.65. The Labute approximate surface area is 158 Å². The molecule has 2 amide bonds. The van der Waals surface area contributed by atoms with Crippen molar-refractivity contribution in [2.24, 2.45) is 0 Å². The number of aromatic hydroxyl groups is 1. The molecule has 1 aliphatic heterocycles. The second-order valence-corrected chi connectivity index (χ2v) is 6.84.